The molecule has 31 heavy (non-hydrogen) atoms. The molecule has 1 heterocycles. The van der Waals surface area contributed by atoms with Crippen LogP contribution in [0.5, 0.6) is 0 Å². The van der Waals surface area contributed by atoms with E-state index in [-0.39, 0.29) is 40.8 Å². The summed E-state index contributed by atoms with van der Waals surface area (Å²) in [5.41, 5.74) is -0.871. The van der Waals surface area contributed by atoms with Crippen molar-refractivity contribution in [1.82, 2.24) is 0 Å². The van der Waals surface area contributed by atoms with Crippen molar-refractivity contribution < 1.29 is 24.2 Å². The highest BCUT2D eigenvalue weighted by Crippen LogP contribution is 2.73. The van der Waals surface area contributed by atoms with Gasteiger partial charge in [0.1, 0.15) is 0 Å². The molecule has 5 nitrogen and oxygen atoms in total. The van der Waals surface area contributed by atoms with Gasteiger partial charge in [-0.25, -0.2) is 0 Å². The smallest absolute Gasteiger partial charge is 0.182 e. The third-order valence-corrected chi connectivity index (χ3v) is 11.8. The molecule has 5 aliphatic rings. The quantitative estimate of drug-likeness (QED) is 0.555. The van der Waals surface area contributed by atoms with Gasteiger partial charge < -0.3 is 14.6 Å². The summed E-state index contributed by atoms with van der Waals surface area (Å²) in [5, 5.41) is 11.8. The van der Waals surface area contributed by atoms with E-state index in [0.29, 0.717) is 19.3 Å². The lowest BCUT2D eigenvalue weighted by Gasteiger charge is -2.65. The van der Waals surface area contributed by atoms with Crippen molar-refractivity contribution >= 4 is 39.1 Å². The number of allylic oxidation sites excluding steroid dienone is 1. The molecular weight excluding hydrogens is 484 g/mol. The SMILES string of the molecule is CC1(C)O[C@@H]2C[C@H]3[C@@H]4CCC5=CC(=O)CC[C@]5(C)[C@@]4(Br)[C@@H](O)C[C@]3(C)[C@]2(C(=O)CCl)O1. The lowest BCUT2D eigenvalue weighted by atomic mass is 9.45. The molecule has 0 aromatic carbocycles. The molecule has 0 amide bonds. The molecule has 1 saturated heterocycles. The summed E-state index contributed by atoms with van der Waals surface area (Å²) in [6, 6.07) is 0. The fourth-order valence-electron chi connectivity index (χ4n) is 8.27. The Morgan fingerprint density at radius 3 is 2.65 bits per heavy atom. The molecule has 3 saturated carbocycles. The predicted octanol–water partition coefficient (Wildman–Crippen LogP) is 4.31. The summed E-state index contributed by atoms with van der Waals surface area (Å²) in [5.74, 6) is -0.687. The van der Waals surface area contributed by atoms with Gasteiger partial charge in [0.15, 0.2) is 23.0 Å². The van der Waals surface area contributed by atoms with E-state index < -0.39 is 27.2 Å². The van der Waals surface area contributed by atoms with Crippen molar-refractivity contribution in [3.05, 3.63) is 11.6 Å². The Kier molecular flexibility index (Phi) is 4.83. The second-order valence-corrected chi connectivity index (χ2v) is 12.8. The van der Waals surface area contributed by atoms with Gasteiger partial charge in [0.25, 0.3) is 0 Å². The van der Waals surface area contributed by atoms with Crippen LogP contribution < -0.4 is 0 Å². The Bertz CT molecular complexity index is 887. The Hall–Kier alpha value is -0.270. The second kappa shape index (κ2) is 6.65. The van der Waals surface area contributed by atoms with Crippen LogP contribution in [-0.4, -0.2) is 50.5 Å². The van der Waals surface area contributed by atoms with Crippen LogP contribution >= 0.6 is 27.5 Å². The third-order valence-electron chi connectivity index (χ3n) is 9.57. The molecule has 7 heteroatoms. The first-order chi connectivity index (χ1) is 14.4. The largest absolute Gasteiger partial charge is 0.392 e. The normalized spacial score (nSPS) is 52.6. The number of halogens is 2. The zero-order valence-corrected chi connectivity index (χ0v) is 21.0. The number of alkyl halides is 2. The van der Waals surface area contributed by atoms with E-state index in [1.54, 1.807) is 0 Å². The van der Waals surface area contributed by atoms with Crippen LogP contribution in [0.2, 0.25) is 0 Å². The number of fused-ring (bicyclic) bond motifs is 7. The van der Waals surface area contributed by atoms with Crippen LogP contribution in [0, 0.1) is 22.7 Å². The van der Waals surface area contributed by atoms with Gasteiger partial charge in [-0.3, -0.25) is 9.59 Å². The minimum absolute atomic E-state index is 0.134. The van der Waals surface area contributed by atoms with Gasteiger partial charge in [0, 0.05) is 17.3 Å². The predicted molar refractivity (Wildman–Crippen MR) is 120 cm³/mol. The van der Waals surface area contributed by atoms with Crippen LogP contribution in [0.4, 0.5) is 0 Å². The van der Waals surface area contributed by atoms with Crippen LogP contribution in [0.15, 0.2) is 11.6 Å². The van der Waals surface area contributed by atoms with Crippen LogP contribution in [0.25, 0.3) is 0 Å². The number of aliphatic hydroxyl groups excluding tert-OH is 1. The van der Waals surface area contributed by atoms with Crippen LogP contribution in [-0.2, 0) is 19.1 Å². The van der Waals surface area contributed by atoms with Crippen LogP contribution in [0.3, 0.4) is 0 Å². The lowest BCUT2D eigenvalue weighted by Crippen LogP contribution is -2.69. The number of Topliss-reactive ketones (excluding diaryl/α,β-unsaturated/α-hetero) is 1. The number of hydrogen-bond donors (Lipinski definition) is 1. The van der Waals surface area contributed by atoms with Gasteiger partial charge in [-0.05, 0) is 63.9 Å². The van der Waals surface area contributed by atoms with Crippen molar-refractivity contribution in [2.24, 2.45) is 22.7 Å². The van der Waals surface area contributed by atoms with E-state index >= 15 is 0 Å². The third kappa shape index (κ3) is 2.55. The van der Waals surface area contributed by atoms with Gasteiger partial charge in [-0.2, -0.15) is 0 Å². The molecule has 0 unspecified atom stereocenters. The molecule has 0 aromatic heterocycles. The molecule has 4 fully saturated rings. The van der Waals surface area contributed by atoms with Gasteiger partial charge in [-0.15, -0.1) is 11.6 Å². The summed E-state index contributed by atoms with van der Waals surface area (Å²) in [6.45, 7) is 7.99. The lowest BCUT2D eigenvalue weighted by molar-refractivity contribution is -0.220. The highest BCUT2D eigenvalue weighted by molar-refractivity contribution is 9.10. The fraction of sp³-hybridized carbons (Fsp3) is 0.833. The van der Waals surface area contributed by atoms with E-state index in [4.69, 9.17) is 21.1 Å². The van der Waals surface area contributed by atoms with E-state index in [9.17, 15) is 14.7 Å². The highest BCUT2D eigenvalue weighted by atomic mass is 79.9. The molecule has 0 bridgehead atoms. The maximum Gasteiger partial charge on any atom is 0.182 e. The standard InChI is InChI=1S/C24H32BrClO5/c1-20(2)30-19-10-16-15-6-5-13-9-14(27)7-8-21(13,3)23(15,25)17(28)11-22(16,4)24(19,31-20)18(29)12-26/h9,15-17,19,28H,5-8,10-12H2,1-4H3/t15-,16-,17-,19+,21-,22-,23-,24+/m0/s1. The van der Waals surface area contributed by atoms with Gasteiger partial charge in [0.2, 0.25) is 0 Å². The Morgan fingerprint density at radius 1 is 1.26 bits per heavy atom. The summed E-state index contributed by atoms with van der Waals surface area (Å²) in [7, 11) is 0. The molecule has 1 aliphatic heterocycles. The van der Waals surface area contributed by atoms with E-state index in [1.165, 1.54) is 0 Å². The molecule has 0 aromatic rings. The molecule has 0 radical (unpaired) electrons. The summed E-state index contributed by atoms with van der Waals surface area (Å²) < 4.78 is 12.2. The Balaban J connectivity index is 1.63. The topological polar surface area (TPSA) is 72.8 Å². The highest BCUT2D eigenvalue weighted by Gasteiger charge is 2.79. The zero-order chi connectivity index (χ0) is 22.6. The summed E-state index contributed by atoms with van der Waals surface area (Å²) in [4.78, 5) is 25.5. The van der Waals surface area contributed by atoms with Crippen molar-refractivity contribution in [2.45, 2.75) is 94.1 Å². The molecule has 0 spiro atoms. The Labute approximate surface area is 197 Å². The second-order valence-electron chi connectivity index (χ2n) is 11.3. The number of aliphatic hydroxyl groups is 1. The molecule has 8 atom stereocenters. The van der Waals surface area contributed by atoms with E-state index in [0.717, 1.165) is 24.8 Å². The minimum atomic E-state index is -1.14. The molecule has 172 valence electrons. The van der Waals surface area contributed by atoms with E-state index in [1.807, 2.05) is 19.9 Å². The number of rotatable bonds is 2. The zero-order valence-electron chi connectivity index (χ0n) is 18.7. The monoisotopic (exact) mass is 514 g/mol. The maximum atomic E-state index is 13.4. The number of carbonyl (C=O) groups is 2. The summed E-state index contributed by atoms with van der Waals surface area (Å²) >= 11 is 10.2. The molecular formula is C24H32BrClO5. The van der Waals surface area contributed by atoms with Crippen LogP contribution in [0.1, 0.15) is 66.2 Å². The first-order valence-electron chi connectivity index (χ1n) is 11.4. The van der Waals surface area contributed by atoms with Crippen molar-refractivity contribution in [2.75, 3.05) is 5.88 Å². The average Bonchev–Trinajstić information content (AvgIpc) is 3.09. The van der Waals surface area contributed by atoms with Gasteiger partial charge in [-0.1, -0.05) is 35.4 Å². The fourth-order valence-corrected chi connectivity index (χ4v) is 9.63. The number of ketones is 2. The van der Waals surface area contributed by atoms with E-state index in [2.05, 4.69) is 29.8 Å². The first kappa shape index (κ1) is 22.5. The minimum Gasteiger partial charge on any atom is -0.392 e. The number of ether oxygens (including phenoxy) is 2. The first-order valence-corrected chi connectivity index (χ1v) is 12.8. The molecule has 1 N–H and O–H groups in total. The van der Waals surface area contributed by atoms with Crippen molar-refractivity contribution in [3.63, 3.8) is 0 Å². The molecule has 5 rings (SSSR count). The summed E-state index contributed by atoms with van der Waals surface area (Å²) in [6.07, 6.45) is 4.83. The van der Waals surface area contributed by atoms with Crippen molar-refractivity contribution in [1.29, 1.82) is 0 Å². The van der Waals surface area contributed by atoms with Crippen molar-refractivity contribution in [3.8, 4) is 0 Å². The number of hydrogen-bond acceptors (Lipinski definition) is 5. The maximum absolute atomic E-state index is 13.4. The average molecular weight is 516 g/mol. The Morgan fingerprint density at radius 2 is 1.97 bits per heavy atom. The van der Waals surface area contributed by atoms with Gasteiger partial charge in [0.05, 0.1) is 22.4 Å². The van der Waals surface area contributed by atoms with Gasteiger partial charge >= 0.3 is 0 Å². The molecule has 4 aliphatic carbocycles. The number of carbonyl (C=O) groups excluding carboxylic acids is 2.